The summed E-state index contributed by atoms with van der Waals surface area (Å²) < 4.78 is 0. The average Bonchev–Trinajstić information content (AvgIpc) is 2.85. The summed E-state index contributed by atoms with van der Waals surface area (Å²) in [5, 5.41) is 0. The number of nitrogen functional groups attached to an aromatic ring is 1. The third-order valence-electron chi connectivity index (χ3n) is 5.37. The lowest BCUT2D eigenvalue weighted by Crippen LogP contribution is -1.99. The Morgan fingerprint density at radius 1 is 0.656 bits per heavy atom. The third kappa shape index (κ3) is 5.11. The quantitative estimate of drug-likeness (QED) is 0.257. The number of allylic oxidation sites excluding steroid dienone is 2. The van der Waals surface area contributed by atoms with E-state index in [4.69, 9.17) is 10.7 Å². The summed E-state index contributed by atoms with van der Waals surface area (Å²) in [6.45, 7) is 6.36. The average molecular weight is 415 g/mol. The van der Waals surface area contributed by atoms with E-state index in [0.29, 0.717) is 0 Å². The first kappa shape index (κ1) is 21.1. The molecule has 32 heavy (non-hydrogen) atoms. The third-order valence-corrected chi connectivity index (χ3v) is 5.37. The SMILES string of the molecule is C=C(N=C(/C=C(\C)c1ccccc1)c1ccccc1)c1ccc(-c2ccc(N)cc2)cc1. The van der Waals surface area contributed by atoms with Crippen LogP contribution in [0, 0.1) is 0 Å². The van der Waals surface area contributed by atoms with Gasteiger partial charge in [-0.3, -0.25) is 0 Å². The summed E-state index contributed by atoms with van der Waals surface area (Å²) in [4.78, 5) is 4.93. The number of benzene rings is 4. The summed E-state index contributed by atoms with van der Waals surface area (Å²) in [5.41, 5.74) is 14.8. The molecule has 4 aromatic carbocycles. The Hall–Kier alpha value is -4.17. The number of hydrogen-bond acceptors (Lipinski definition) is 2. The van der Waals surface area contributed by atoms with Crippen molar-refractivity contribution in [3.63, 3.8) is 0 Å². The van der Waals surface area contributed by atoms with Gasteiger partial charge in [0.2, 0.25) is 0 Å². The first-order chi connectivity index (χ1) is 15.6. The molecule has 2 heteroatoms. The van der Waals surface area contributed by atoms with Gasteiger partial charge < -0.3 is 5.73 Å². The molecule has 4 rings (SSSR count). The van der Waals surface area contributed by atoms with Gasteiger partial charge in [0.15, 0.2) is 0 Å². The lowest BCUT2D eigenvalue weighted by atomic mass is 10.0. The van der Waals surface area contributed by atoms with E-state index >= 15 is 0 Å². The van der Waals surface area contributed by atoms with Crippen molar-refractivity contribution in [3.8, 4) is 11.1 Å². The summed E-state index contributed by atoms with van der Waals surface area (Å²) in [5.74, 6) is 0. The molecule has 0 unspecified atom stereocenters. The molecule has 0 saturated carbocycles. The molecule has 4 aromatic rings. The number of anilines is 1. The lowest BCUT2D eigenvalue weighted by Gasteiger charge is -2.09. The summed E-state index contributed by atoms with van der Waals surface area (Å²) in [7, 11) is 0. The Balaban J connectivity index is 1.65. The number of rotatable bonds is 6. The van der Waals surface area contributed by atoms with Gasteiger partial charge in [-0.2, -0.15) is 0 Å². The van der Waals surface area contributed by atoms with Crippen LogP contribution in [0.5, 0.6) is 0 Å². The highest BCUT2D eigenvalue weighted by atomic mass is 14.8. The van der Waals surface area contributed by atoms with E-state index in [2.05, 4.69) is 68.1 Å². The standard InChI is InChI=1S/C30H26N2/c1-22(24-9-5-3-6-10-24)21-30(28-11-7-4-8-12-28)32-23(2)25-13-15-26(16-14-25)27-17-19-29(31)20-18-27/h3-21H,2,31H2,1H3/b22-21+,32-30?. The minimum Gasteiger partial charge on any atom is -0.399 e. The molecular weight excluding hydrogens is 388 g/mol. The smallest absolute Gasteiger partial charge is 0.0712 e. The van der Waals surface area contributed by atoms with Gasteiger partial charge in [-0.05, 0) is 53.0 Å². The zero-order valence-electron chi connectivity index (χ0n) is 18.2. The van der Waals surface area contributed by atoms with Crippen molar-refractivity contribution in [1.29, 1.82) is 0 Å². The Bertz CT molecular complexity index is 1250. The normalized spacial score (nSPS) is 11.9. The fraction of sp³-hybridized carbons (Fsp3) is 0.0333. The van der Waals surface area contributed by atoms with Crippen molar-refractivity contribution in [2.75, 3.05) is 5.73 Å². The topological polar surface area (TPSA) is 38.4 Å². The molecule has 0 aromatic heterocycles. The minimum absolute atomic E-state index is 0.727. The fourth-order valence-electron chi connectivity index (χ4n) is 3.52. The van der Waals surface area contributed by atoms with Crippen molar-refractivity contribution < 1.29 is 0 Å². The summed E-state index contributed by atoms with van der Waals surface area (Å²) in [6, 6.07) is 36.8. The first-order valence-corrected chi connectivity index (χ1v) is 10.6. The van der Waals surface area contributed by atoms with Crippen LogP contribution in [0.2, 0.25) is 0 Å². The predicted molar refractivity (Wildman–Crippen MR) is 138 cm³/mol. The van der Waals surface area contributed by atoms with E-state index in [1.54, 1.807) is 0 Å². The van der Waals surface area contributed by atoms with Gasteiger partial charge in [-0.25, -0.2) is 4.99 Å². The molecule has 0 aliphatic heterocycles. The minimum atomic E-state index is 0.727. The van der Waals surface area contributed by atoms with Crippen LogP contribution < -0.4 is 5.73 Å². The second-order valence-corrected chi connectivity index (χ2v) is 7.70. The Morgan fingerprint density at radius 2 is 1.16 bits per heavy atom. The van der Waals surface area contributed by atoms with Gasteiger partial charge in [0.05, 0.1) is 11.4 Å². The van der Waals surface area contributed by atoms with Crippen molar-refractivity contribution in [2.24, 2.45) is 4.99 Å². The number of nitrogens with zero attached hydrogens (tertiary/aromatic N) is 1. The summed E-state index contributed by atoms with van der Waals surface area (Å²) in [6.07, 6.45) is 2.12. The molecule has 0 bridgehead atoms. The monoisotopic (exact) mass is 414 g/mol. The molecule has 0 fully saturated rings. The number of aliphatic imine (C=N–C) groups is 1. The van der Waals surface area contributed by atoms with Gasteiger partial charge in [0.1, 0.15) is 0 Å². The Kier molecular flexibility index (Phi) is 6.43. The molecule has 0 aliphatic carbocycles. The van der Waals surface area contributed by atoms with Crippen LogP contribution in [0.15, 0.2) is 127 Å². The van der Waals surface area contributed by atoms with E-state index in [0.717, 1.165) is 44.9 Å². The van der Waals surface area contributed by atoms with E-state index in [9.17, 15) is 0 Å². The summed E-state index contributed by atoms with van der Waals surface area (Å²) >= 11 is 0. The Morgan fingerprint density at radius 3 is 1.72 bits per heavy atom. The molecular formula is C30H26N2. The predicted octanol–water partition coefficient (Wildman–Crippen LogP) is 7.50. The van der Waals surface area contributed by atoms with Gasteiger partial charge in [-0.1, -0.05) is 104 Å². The van der Waals surface area contributed by atoms with Gasteiger partial charge >= 0.3 is 0 Å². The van der Waals surface area contributed by atoms with E-state index in [1.165, 1.54) is 5.56 Å². The molecule has 0 aliphatic rings. The van der Waals surface area contributed by atoms with Gasteiger partial charge in [-0.15, -0.1) is 0 Å². The molecule has 0 spiro atoms. The molecule has 156 valence electrons. The number of hydrogen-bond donors (Lipinski definition) is 1. The molecule has 0 radical (unpaired) electrons. The molecule has 2 N–H and O–H groups in total. The van der Waals surface area contributed by atoms with E-state index < -0.39 is 0 Å². The second-order valence-electron chi connectivity index (χ2n) is 7.70. The highest BCUT2D eigenvalue weighted by molar-refractivity contribution is 6.13. The maximum absolute atomic E-state index is 5.80. The first-order valence-electron chi connectivity index (χ1n) is 10.6. The second kappa shape index (κ2) is 9.76. The van der Waals surface area contributed by atoms with Crippen LogP contribution in [-0.4, -0.2) is 5.71 Å². The molecule has 0 atom stereocenters. The van der Waals surface area contributed by atoms with Crippen LogP contribution in [0.4, 0.5) is 5.69 Å². The highest BCUT2D eigenvalue weighted by Gasteiger charge is 2.06. The van der Waals surface area contributed by atoms with Crippen LogP contribution >= 0.6 is 0 Å². The van der Waals surface area contributed by atoms with Crippen LogP contribution in [-0.2, 0) is 0 Å². The zero-order valence-corrected chi connectivity index (χ0v) is 18.2. The van der Waals surface area contributed by atoms with Crippen LogP contribution in [0.3, 0.4) is 0 Å². The van der Waals surface area contributed by atoms with E-state index in [-0.39, 0.29) is 0 Å². The van der Waals surface area contributed by atoms with Crippen LogP contribution in [0.1, 0.15) is 23.6 Å². The maximum atomic E-state index is 5.80. The van der Waals surface area contributed by atoms with Crippen molar-refractivity contribution in [1.82, 2.24) is 0 Å². The molecule has 0 saturated heterocycles. The number of nitrogens with two attached hydrogens (primary N) is 1. The molecule has 0 amide bonds. The van der Waals surface area contributed by atoms with Crippen LogP contribution in [0.25, 0.3) is 22.4 Å². The van der Waals surface area contributed by atoms with E-state index in [1.807, 2.05) is 60.7 Å². The van der Waals surface area contributed by atoms with Crippen molar-refractivity contribution in [2.45, 2.75) is 6.92 Å². The van der Waals surface area contributed by atoms with Gasteiger partial charge in [0.25, 0.3) is 0 Å². The zero-order chi connectivity index (χ0) is 22.3. The Labute approximate surface area is 190 Å². The maximum Gasteiger partial charge on any atom is 0.0712 e. The van der Waals surface area contributed by atoms with Gasteiger partial charge in [0, 0.05) is 11.3 Å². The largest absolute Gasteiger partial charge is 0.399 e. The lowest BCUT2D eigenvalue weighted by molar-refractivity contribution is 1.49. The molecule has 2 nitrogen and oxygen atoms in total. The van der Waals surface area contributed by atoms with Crippen molar-refractivity contribution in [3.05, 3.63) is 139 Å². The van der Waals surface area contributed by atoms with Crippen molar-refractivity contribution >= 4 is 22.7 Å². The molecule has 0 heterocycles. The fourth-order valence-corrected chi connectivity index (χ4v) is 3.52. The highest BCUT2D eigenvalue weighted by Crippen LogP contribution is 2.24.